The smallest absolute Gasteiger partial charge is 0.125 e. The highest BCUT2D eigenvalue weighted by Crippen LogP contribution is 2.42. The van der Waals surface area contributed by atoms with Crippen molar-refractivity contribution in [1.29, 1.82) is 0 Å². The van der Waals surface area contributed by atoms with E-state index < -0.39 is 0 Å². The predicted octanol–water partition coefficient (Wildman–Crippen LogP) is 5.38. The van der Waals surface area contributed by atoms with Crippen molar-refractivity contribution in [3.63, 3.8) is 0 Å². The number of allylic oxidation sites excluding steroid dienone is 1. The van der Waals surface area contributed by atoms with Crippen LogP contribution < -0.4 is 0 Å². The number of nitrogens with zero attached hydrogens (tertiary/aromatic N) is 2. The normalized spacial score (nSPS) is 17.7. The Morgan fingerprint density at radius 2 is 1.92 bits per heavy atom. The molecule has 116 valence electrons. The van der Waals surface area contributed by atoms with Gasteiger partial charge in [0.2, 0.25) is 0 Å². The van der Waals surface area contributed by atoms with Crippen molar-refractivity contribution in [3.8, 4) is 0 Å². The third kappa shape index (κ3) is 1.30. The minimum Gasteiger partial charge on any atom is -0.337 e. The maximum Gasteiger partial charge on any atom is 0.125 e. The first kappa shape index (κ1) is 12.7. The van der Waals surface area contributed by atoms with Crippen LogP contribution in [0.4, 0.5) is 0 Å². The lowest BCUT2D eigenvalue weighted by Gasteiger charge is -2.14. The summed E-state index contributed by atoms with van der Waals surface area (Å²) in [6.07, 6.45) is 8.00. The Kier molecular flexibility index (Phi) is 2.12. The third-order valence-corrected chi connectivity index (χ3v) is 5.77. The van der Waals surface area contributed by atoms with Gasteiger partial charge in [-0.25, -0.2) is 0 Å². The minimum atomic E-state index is 0.608. The molecule has 2 aromatic carbocycles. The summed E-state index contributed by atoms with van der Waals surface area (Å²) in [6.45, 7) is 2.31. The van der Waals surface area contributed by atoms with Crippen molar-refractivity contribution >= 4 is 44.2 Å². The standard InChI is InChI=1S/C22H18N2/c1-13-6-9-19-18(12-13)16-8-7-14-4-3-5-15-17-10-11-23(2)22(17)24(19)21(16)20(14)15/h3-11,13H,12H2,1-2H3. The van der Waals surface area contributed by atoms with Gasteiger partial charge in [0.25, 0.3) is 0 Å². The van der Waals surface area contributed by atoms with Crippen molar-refractivity contribution in [1.82, 2.24) is 8.97 Å². The Morgan fingerprint density at radius 3 is 2.83 bits per heavy atom. The van der Waals surface area contributed by atoms with E-state index in [1.54, 1.807) is 0 Å². The molecular weight excluding hydrogens is 292 g/mol. The van der Waals surface area contributed by atoms with Crippen LogP contribution in [0.1, 0.15) is 18.2 Å². The maximum absolute atomic E-state index is 2.50. The van der Waals surface area contributed by atoms with Crippen LogP contribution in [0.5, 0.6) is 0 Å². The van der Waals surface area contributed by atoms with Crippen molar-refractivity contribution in [3.05, 3.63) is 59.9 Å². The van der Waals surface area contributed by atoms with E-state index >= 15 is 0 Å². The fourth-order valence-electron chi connectivity index (χ4n) is 4.72. The van der Waals surface area contributed by atoms with Gasteiger partial charge in [0.05, 0.1) is 11.2 Å². The van der Waals surface area contributed by atoms with E-state index in [0.717, 1.165) is 6.42 Å². The second-order valence-corrected chi connectivity index (χ2v) is 7.27. The summed E-state index contributed by atoms with van der Waals surface area (Å²) in [7, 11) is 2.15. The lowest BCUT2D eigenvalue weighted by atomic mass is 9.92. The lowest BCUT2D eigenvalue weighted by molar-refractivity contribution is 0.719. The van der Waals surface area contributed by atoms with E-state index in [1.165, 1.54) is 49.4 Å². The number of hydrogen-bond acceptors (Lipinski definition) is 0. The number of fused-ring (bicyclic) bond motifs is 6. The molecule has 1 aliphatic rings. The number of aryl methyl sites for hydroxylation is 1. The van der Waals surface area contributed by atoms with Crippen LogP contribution in [0.25, 0.3) is 44.2 Å². The van der Waals surface area contributed by atoms with Crippen LogP contribution in [0, 0.1) is 5.92 Å². The van der Waals surface area contributed by atoms with Gasteiger partial charge < -0.3 is 4.57 Å². The first-order valence-corrected chi connectivity index (χ1v) is 8.67. The molecule has 0 saturated carbocycles. The van der Waals surface area contributed by atoms with Crippen LogP contribution in [0.15, 0.2) is 48.7 Å². The van der Waals surface area contributed by atoms with E-state index in [4.69, 9.17) is 0 Å². The molecule has 1 unspecified atom stereocenters. The number of hydrogen-bond donors (Lipinski definition) is 0. The highest BCUT2D eigenvalue weighted by Gasteiger charge is 2.24. The first-order chi connectivity index (χ1) is 11.7. The summed E-state index contributed by atoms with van der Waals surface area (Å²) >= 11 is 0. The van der Waals surface area contributed by atoms with Crippen molar-refractivity contribution in [2.45, 2.75) is 13.3 Å². The zero-order chi connectivity index (χ0) is 16.0. The van der Waals surface area contributed by atoms with Gasteiger partial charge in [0.15, 0.2) is 0 Å². The van der Waals surface area contributed by atoms with Crippen molar-refractivity contribution in [2.24, 2.45) is 13.0 Å². The fraction of sp³-hybridized carbons (Fsp3) is 0.182. The van der Waals surface area contributed by atoms with Gasteiger partial charge in [-0.3, -0.25) is 4.40 Å². The molecule has 0 amide bonds. The molecule has 0 fully saturated rings. The number of aromatic nitrogens is 2. The summed E-state index contributed by atoms with van der Waals surface area (Å²) in [4.78, 5) is 0. The minimum absolute atomic E-state index is 0.608. The Bertz CT molecular complexity index is 1300. The molecule has 0 bridgehead atoms. The molecule has 0 N–H and O–H groups in total. The monoisotopic (exact) mass is 310 g/mol. The maximum atomic E-state index is 2.50. The van der Waals surface area contributed by atoms with Crippen LogP contribution >= 0.6 is 0 Å². The lowest BCUT2D eigenvalue weighted by Crippen LogP contribution is -2.04. The first-order valence-electron chi connectivity index (χ1n) is 8.67. The molecule has 3 heterocycles. The topological polar surface area (TPSA) is 9.34 Å². The van der Waals surface area contributed by atoms with Gasteiger partial charge in [-0.1, -0.05) is 43.3 Å². The molecular formula is C22H18N2. The average molecular weight is 310 g/mol. The van der Waals surface area contributed by atoms with E-state index in [9.17, 15) is 0 Å². The Morgan fingerprint density at radius 1 is 1.00 bits per heavy atom. The summed E-state index contributed by atoms with van der Waals surface area (Å²) < 4.78 is 4.76. The molecule has 0 saturated heterocycles. The van der Waals surface area contributed by atoms with Gasteiger partial charge >= 0.3 is 0 Å². The zero-order valence-electron chi connectivity index (χ0n) is 13.9. The summed E-state index contributed by atoms with van der Waals surface area (Å²) in [5.74, 6) is 0.608. The molecule has 6 rings (SSSR count). The second-order valence-electron chi connectivity index (χ2n) is 7.27. The fourth-order valence-corrected chi connectivity index (χ4v) is 4.72. The molecule has 0 aliphatic heterocycles. The van der Waals surface area contributed by atoms with Crippen LogP contribution in [0.2, 0.25) is 0 Å². The van der Waals surface area contributed by atoms with Gasteiger partial charge in [-0.2, -0.15) is 0 Å². The molecule has 1 aliphatic carbocycles. The molecule has 0 spiro atoms. The highest BCUT2D eigenvalue weighted by molar-refractivity contribution is 6.24. The van der Waals surface area contributed by atoms with Gasteiger partial charge in [-0.15, -0.1) is 0 Å². The van der Waals surface area contributed by atoms with Crippen LogP contribution in [-0.4, -0.2) is 8.97 Å². The Balaban J connectivity index is 2.05. The number of rotatable bonds is 0. The average Bonchev–Trinajstić information content (AvgIpc) is 3.13. The SMILES string of the molecule is CC1C=Cc2c(c3ccc4cccc5c6ccn(C)c6n2c3c45)C1. The number of benzene rings is 2. The van der Waals surface area contributed by atoms with Crippen LogP contribution in [-0.2, 0) is 13.5 Å². The van der Waals surface area contributed by atoms with E-state index in [1.807, 2.05) is 0 Å². The van der Waals surface area contributed by atoms with Crippen LogP contribution in [0.3, 0.4) is 0 Å². The molecule has 5 aromatic rings. The predicted molar refractivity (Wildman–Crippen MR) is 102 cm³/mol. The van der Waals surface area contributed by atoms with E-state index in [0.29, 0.717) is 5.92 Å². The molecule has 2 nitrogen and oxygen atoms in total. The molecule has 2 heteroatoms. The van der Waals surface area contributed by atoms with E-state index in [2.05, 4.69) is 77.7 Å². The molecule has 24 heavy (non-hydrogen) atoms. The highest BCUT2D eigenvalue weighted by atomic mass is 15.1. The quantitative estimate of drug-likeness (QED) is 0.363. The van der Waals surface area contributed by atoms with Crippen molar-refractivity contribution in [2.75, 3.05) is 0 Å². The molecule has 1 atom stereocenters. The molecule has 0 radical (unpaired) electrons. The Labute approximate surface area is 139 Å². The largest absolute Gasteiger partial charge is 0.337 e. The summed E-state index contributed by atoms with van der Waals surface area (Å²) in [6, 6.07) is 13.6. The Hall–Kier alpha value is -2.74. The summed E-state index contributed by atoms with van der Waals surface area (Å²) in [5, 5.41) is 6.88. The van der Waals surface area contributed by atoms with Gasteiger partial charge in [0, 0.05) is 29.4 Å². The third-order valence-electron chi connectivity index (χ3n) is 5.77. The van der Waals surface area contributed by atoms with Crippen molar-refractivity contribution < 1.29 is 0 Å². The number of pyridine rings is 1. The second kappa shape index (κ2) is 4.02. The summed E-state index contributed by atoms with van der Waals surface area (Å²) in [5.41, 5.74) is 5.56. The zero-order valence-corrected chi connectivity index (χ0v) is 13.9. The van der Waals surface area contributed by atoms with Gasteiger partial charge in [0.1, 0.15) is 5.65 Å². The van der Waals surface area contributed by atoms with Gasteiger partial charge in [-0.05, 0) is 40.8 Å². The molecule has 3 aromatic heterocycles. The van der Waals surface area contributed by atoms with E-state index in [-0.39, 0.29) is 0 Å².